The molecule has 1 N–H and O–H groups in total. The number of methoxy groups -OCH3 is 1. The largest absolute Gasteiger partial charge is 0.507 e. The molecule has 6 heteroatoms. The van der Waals surface area contributed by atoms with Crippen LogP contribution in [0.25, 0.3) is 5.76 Å². The molecule has 1 fully saturated rings. The van der Waals surface area contributed by atoms with Crippen LogP contribution in [0.2, 0.25) is 0 Å². The number of benzene rings is 2. The van der Waals surface area contributed by atoms with Crippen molar-refractivity contribution in [2.75, 3.05) is 7.11 Å². The Morgan fingerprint density at radius 1 is 1.12 bits per heavy atom. The Bertz CT molecular complexity index is 1250. The number of carbonyl (C=O) groups excluding carboxylic acids is 2. The van der Waals surface area contributed by atoms with Crippen LogP contribution in [-0.4, -0.2) is 33.8 Å². The van der Waals surface area contributed by atoms with Gasteiger partial charge < -0.3 is 14.7 Å². The van der Waals surface area contributed by atoms with Gasteiger partial charge in [-0.05, 0) is 53.3 Å². The Morgan fingerprint density at radius 3 is 2.47 bits per heavy atom. The van der Waals surface area contributed by atoms with Crippen LogP contribution in [-0.2, 0) is 16.1 Å². The number of rotatable bonds is 6. The number of aromatic nitrogens is 1. The minimum Gasteiger partial charge on any atom is -0.507 e. The summed E-state index contributed by atoms with van der Waals surface area (Å²) in [4.78, 5) is 32.1. The molecule has 1 saturated heterocycles. The van der Waals surface area contributed by atoms with E-state index in [1.165, 1.54) is 4.90 Å². The third-order valence-corrected chi connectivity index (χ3v) is 6.18. The standard InChI is InChI=1S/C28H28N2O4/c1-17(2)21-14-22(18(3)13-23(21)34-4)26(31)24-25(20-10-6-5-7-11-20)30(28(33)27(24)32)16-19-9-8-12-29-15-19/h5-15,17,25,31H,16H2,1-4H3/b26-24+. The zero-order chi connectivity index (χ0) is 24.4. The number of carbonyl (C=O) groups is 2. The average Bonchev–Trinajstić information content (AvgIpc) is 3.09. The van der Waals surface area contributed by atoms with Crippen LogP contribution in [0.3, 0.4) is 0 Å². The number of aliphatic hydroxyl groups excluding tert-OH is 1. The second-order valence-corrected chi connectivity index (χ2v) is 8.76. The number of aryl methyl sites for hydroxylation is 1. The van der Waals surface area contributed by atoms with E-state index in [0.29, 0.717) is 5.56 Å². The molecular weight excluding hydrogens is 428 g/mol. The molecule has 1 aliphatic heterocycles. The number of likely N-dealkylation sites (tertiary alicyclic amines) is 1. The van der Waals surface area contributed by atoms with Gasteiger partial charge in [0.15, 0.2) is 0 Å². The molecule has 2 heterocycles. The summed E-state index contributed by atoms with van der Waals surface area (Å²) >= 11 is 0. The molecule has 3 aromatic rings. The zero-order valence-corrected chi connectivity index (χ0v) is 19.8. The summed E-state index contributed by atoms with van der Waals surface area (Å²) < 4.78 is 5.53. The van der Waals surface area contributed by atoms with Gasteiger partial charge in [0.05, 0.1) is 18.7 Å². The van der Waals surface area contributed by atoms with Crippen molar-refractivity contribution >= 4 is 17.4 Å². The van der Waals surface area contributed by atoms with Gasteiger partial charge in [0.25, 0.3) is 11.7 Å². The molecule has 0 saturated carbocycles. The lowest BCUT2D eigenvalue weighted by molar-refractivity contribution is -0.140. The molecule has 174 valence electrons. The van der Waals surface area contributed by atoms with Crippen LogP contribution in [0.5, 0.6) is 5.75 Å². The molecule has 1 unspecified atom stereocenters. The van der Waals surface area contributed by atoms with Gasteiger partial charge in [-0.25, -0.2) is 0 Å². The van der Waals surface area contributed by atoms with Crippen molar-refractivity contribution in [3.05, 3.63) is 100 Å². The predicted octanol–water partition coefficient (Wildman–Crippen LogP) is 5.14. The van der Waals surface area contributed by atoms with Crippen LogP contribution in [0.1, 0.15) is 53.6 Å². The summed E-state index contributed by atoms with van der Waals surface area (Å²) in [5.41, 5.74) is 3.82. The van der Waals surface area contributed by atoms with Gasteiger partial charge in [-0.3, -0.25) is 14.6 Å². The summed E-state index contributed by atoms with van der Waals surface area (Å²) in [6.07, 6.45) is 3.33. The van der Waals surface area contributed by atoms with Gasteiger partial charge in [0.2, 0.25) is 0 Å². The quantitative estimate of drug-likeness (QED) is 0.315. The van der Waals surface area contributed by atoms with Gasteiger partial charge in [0, 0.05) is 24.5 Å². The molecule has 1 atom stereocenters. The van der Waals surface area contributed by atoms with E-state index >= 15 is 0 Å². The smallest absolute Gasteiger partial charge is 0.295 e. The summed E-state index contributed by atoms with van der Waals surface area (Å²) in [5.74, 6) is -0.658. The Balaban J connectivity index is 1.90. The van der Waals surface area contributed by atoms with Crippen molar-refractivity contribution in [3.8, 4) is 5.75 Å². The minimum absolute atomic E-state index is 0.0862. The monoisotopic (exact) mass is 456 g/mol. The maximum atomic E-state index is 13.3. The molecule has 6 nitrogen and oxygen atoms in total. The van der Waals surface area contributed by atoms with Gasteiger partial charge >= 0.3 is 0 Å². The van der Waals surface area contributed by atoms with Crippen LogP contribution in [0, 0.1) is 6.92 Å². The van der Waals surface area contributed by atoms with Crippen molar-refractivity contribution in [3.63, 3.8) is 0 Å². The van der Waals surface area contributed by atoms with Crippen LogP contribution < -0.4 is 4.74 Å². The number of nitrogens with zero attached hydrogens (tertiary/aromatic N) is 2. The molecule has 1 amide bonds. The van der Waals surface area contributed by atoms with E-state index < -0.39 is 17.7 Å². The average molecular weight is 457 g/mol. The summed E-state index contributed by atoms with van der Waals surface area (Å²) in [7, 11) is 1.61. The fourth-order valence-electron chi connectivity index (χ4n) is 4.44. The Labute approximate surface area is 199 Å². The van der Waals surface area contributed by atoms with Crippen LogP contribution >= 0.6 is 0 Å². The molecule has 0 aliphatic carbocycles. The van der Waals surface area contributed by atoms with E-state index in [4.69, 9.17) is 4.74 Å². The van der Waals surface area contributed by atoms with Crippen molar-refractivity contribution in [1.82, 2.24) is 9.88 Å². The second-order valence-electron chi connectivity index (χ2n) is 8.76. The first kappa shape index (κ1) is 23.2. The number of ether oxygens (including phenoxy) is 1. The molecule has 1 aromatic heterocycles. The molecule has 0 radical (unpaired) electrons. The number of ketones is 1. The third-order valence-electron chi connectivity index (χ3n) is 6.18. The maximum absolute atomic E-state index is 13.3. The number of aliphatic hydroxyl groups is 1. The van der Waals surface area contributed by atoms with Crippen molar-refractivity contribution in [2.24, 2.45) is 0 Å². The first-order valence-electron chi connectivity index (χ1n) is 11.2. The number of amides is 1. The normalized spacial score (nSPS) is 17.4. The number of hydrogen-bond acceptors (Lipinski definition) is 5. The molecule has 2 aromatic carbocycles. The highest BCUT2D eigenvalue weighted by molar-refractivity contribution is 6.46. The number of Topliss-reactive ketones (excluding diaryl/α,β-unsaturated/α-hetero) is 1. The second kappa shape index (κ2) is 9.51. The third kappa shape index (κ3) is 4.19. The fraction of sp³-hybridized carbons (Fsp3) is 0.250. The van der Waals surface area contributed by atoms with Gasteiger partial charge in [0.1, 0.15) is 11.5 Å². The Kier molecular flexibility index (Phi) is 6.50. The van der Waals surface area contributed by atoms with Gasteiger partial charge in [-0.2, -0.15) is 0 Å². The number of pyridine rings is 1. The van der Waals surface area contributed by atoms with Crippen molar-refractivity contribution in [1.29, 1.82) is 0 Å². The lowest BCUT2D eigenvalue weighted by Gasteiger charge is -2.25. The van der Waals surface area contributed by atoms with Crippen molar-refractivity contribution < 1.29 is 19.4 Å². The summed E-state index contributed by atoms with van der Waals surface area (Å²) in [6, 6.07) is 15.9. The van der Waals surface area contributed by atoms with E-state index in [0.717, 1.165) is 28.0 Å². The Hall–Kier alpha value is -3.93. The highest BCUT2D eigenvalue weighted by atomic mass is 16.5. The van der Waals surface area contributed by atoms with E-state index in [-0.39, 0.29) is 23.8 Å². The maximum Gasteiger partial charge on any atom is 0.295 e. The fourth-order valence-corrected chi connectivity index (χ4v) is 4.44. The highest BCUT2D eigenvalue weighted by Gasteiger charge is 2.46. The lowest BCUT2D eigenvalue weighted by atomic mass is 9.91. The molecule has 4 rings (SSSR count). The molecular formula is C28H28N2O4. The van der Waals surface area contributed by atoms with Crippen molar-refractivity contribution in [2.45, 2.75) is 39.3 Å². The lowest BCUT2D eigenvalue weighted by Crippen LogP contribution is -2.29. The SMILES string of the molecule is COc1cc(C)c(/C(O)=C2\C(=O)C(=O)N(Cc3cccnc3)C2c2ccccc2)cc1C(C)C. The topological polar surface area (TPSA) is 79.7 Å². The first-order chi connectivity index (χ1) is 16.3. The van der Waals surface area contributed by atoms with Gasteiger partial charge in [-0.1, -0.05) is 50.2 Å². The van der Waals surface area contributed by atoms with E-state index in [1.807, 2.05) is 69.3 Å². The van der Waals surface area contributed by atoms with Crippen LogP contribution in [0.15, 0.2) is 72.6 Å². The summed E-state index contributed by atoms with van der Waals surface area (Å²) in [6.45, 7) is 6.13. The first-order valence-corrected chi connectivity index (χ1v) is 11.2. The molecule has 1 aliphatic rings. The molecule has 34 heavy (non-hydrogen) atoms. The van der Waals surface area contributed by atoms with E-state index in [2.05, 4.69) is 4.98 Å². The number of hydrogen-bond donors (Lipinski definition) is 1. The van der Waals surface area contributed by atoms with E-state index in [9.17, 15) is 14.7 Å². The Morgan fingerprint density at radius 2 is 1.85 bits per heavy atom. The zero-order valence-electron chi connectivity index (χ0n) is 19.8. The van der Waals surface area contributed by atoms with E-state index in [1.54, 1.807) is 25.6 Å². The highest BCUT2D eigenvalue weighted by Crippen LogP contribution is 2.41. The minimum atomic E-state index is -0.717. The molecule has 0 spiro atoms. The predicted molar refractivity (Wildman–Crippen MR) is 130 cm³/mol. The van der Waals surface area contributed by atoms with Gasteiger partial charge in [-0.15, -0.1) is 0 Å². The summed E-state index contributed by atoms with van der Waals surface area (Å²) in [5, 5.41) is 11.5. The van der Waals surface area contributed by atoms with Crippen LogP contribution in [0.4, 0.5) is 0 Å². The molecule has 0 bridgehead atoms.